The van der Waals surface area contributed by atoms with Crippen molar-refractivity contribution in [3.63, 3.8) is 0 Å². The molecule has 33 heavy (non-hydrogen) atoms. The molecule has 0 saturated heterocycles. The molecular formula is C28H45ClNO2P. The van der Waals surface area contributed by atoms with Gasteiger partial charge in [-0.2, -0.15) is 0 Å². The van der Waals surface area contributed by atoms with Crippen LogP contribution < -0.4 is 0 Å². The maximum absolute atomic E-state index is 6.65. The van der Waals surface area contributed by atoms with Crippen LogP contribution in [-0.4, -0.2) is 14.2 Å². The molecule has 5 heteroatoms. The Balaban J connectivity index is 3.12. The molecule has 1 aliphatic rings. The third-order valence-corrected chi connectivity index (χ3v) is 10.8. The van der Waals surface area contributed by atoms with Gasteiger partial charge in [-0.25, -0.2) is 0 Å². The summed E-state index contributed by atoms with van der Waals surface area (Å²) in [6.45, 7) is 24.8. The Kier molecular flexibility index (Phi) is 8.05. The lowest BCUT2D eigenvalue weighted by Gasteiger charge is -2.32. The van der Waals surface area contributed by atoms with E-state index in [9.17, 15) is 0 Å². The smallest absolute Gasteiger partial charge is 0.192 e. The Hall–Kier alpha value is -1.18. The number of ether oxygens (including phenoxy) is 2. The van der Waals surface area contributed by atoms with Crippen molar-refractivity contribution in [2.45, 2.75) is 105 Å². The van der Waals surface area contributed by atoms with Crippen molar-refractivity contribution in [1.29, 1.82) is 0 Å². The van der Waals surface area contributed by atoms with Crippen LogP contribution in [0.2, 0.25) is 0 Å². The Morgan fingerprint density at radius 2 is 1.36 bits per heavy atom. The van der Waals surface area contributed by atoms with Crippen LogP contribution in [0.15, 0.2) is 38.2 Å². The van der Waals surface area contributed by atoms with E-state index in [1.807, 2.05) is 0 Å². The zero-order valence-electron chi connectivity index (χ0n) is 23.2. The number of halogens is 1. The van der Waals surface area contributed by atoms with E-state index in [0.717, 1.165) is 29.3 Å². The molecule has 2 rings (SSSR count). The first kappa shape index (κ1) is 28.1. The molecule has 1 aromatic rings. The largest absolute Gasteiger partial charge is 0.494 e. The molecule has 1 unspecified atom stereocenters. The fraction of sp³-hybridized carbons (Fsp3) is 0.643. The number of benzene rings is 1. The predicted molar refractivity (Wildman–Crippen MR) is 146 cm³/mol. The molecule has 0 radical (unpaired) electrons. The topological polar surface area (TPSA) is 30.8 Å². The average Bonchev–Trinajstić information content (AvgIpc) is 3.31. The second-order valence-corrected chi connectivity index (χ2v) is 15.3. The number of allylic oxidation sites excluding steroid dienone is 2. The fourth-order valence-electron chi connectivity index (χ4n) is 4.42. The van der Waals surface area contributed by atoms with Crippen molar-refractivity contribution in [3.8, 4) is 0 Å². The maximum atomic E-state index is 6.65. The molecular weight excluding hydrogens is 449 g/mol. The van der Waals surface area contributed by atoms with E-state index < -0.39 is 7.05 Å². The first-order valence-corrected chi connectivity index (χ1v) is 14.2. The number of hydrogen-bond acceptors (Lipinski definition) is 3. The number of rotatable bonds is 6. The van der Waals surface area contributed by atoms with Gasteiger partial charge in [-0.1, -0.05) is 88.3 Å². The molecule has 0 N–H and O–H groups in total. The minimum atomic E-state index is -2.21. The summed E-state index contributed by atoms with van der Waals surface area (Å²) < 4.78 is 17.2. The van der Waals surface area contributed by atoms with Crippen LogP contribution in [0.5, 0.6) is 0 Å². The first-order chi connectivity index (χ1) is 15.0. The Labute approximate surface area is 208 Å². The van der Waals surface area contributed by atoms with Gasteiger partial charge >= 0.3 is 0 Å². The van der Waals surface area contributed by atoms with E-state index in [2.05, 4.69) is 88.3 Å². The Bertz CT molecular complexity index is 974. The highest BCUT2D eigenvalue weighted by molar-refractivity contribution is 7.85. The number of nitrogens with zero attached hydrogens (tertiary/aromatic N) is 1. The summed E-state index contributed by atoms with van der Waals surface area (Å²) >= 11 is 6.65. The van der Waals surface area contributed by atoms with Gasteiger partial charge < -0.3 is 9.47 Å². The molecule has 1 atom stereocenters. The van der Waals surface area contributed by atoms with Crippen LogP contribution in [0.3, 0.4) is 0 Å². The Morgan fingerprint density at radius 3 is 1.64 bits per heavy atom. The molecule has 0 amide bonds. The number of hydrogen-bond donors (Lipinski definition) is 0. The van der Waals surface area contributed by atoms with E-state index in [1.165, 1.54) is 22.0 Å². The molecule has 0 saturated carbocycles. The third kappa shape index (κ3) is 5.25. The molecule has 0 aromatic heterocycles. The van der Waals surface area contributed by atoms with Gasteiger partial charge in [0.2, 0.25) is 0 Å². The monoisotopic (exact) mass is 493 g/mol. The van der Waals surface area contributed by atoms with Gasteiger partial charge in [-0.3, -0.25) is 4.74 Å². The van der Waals surface area contributed by atoms with E-state index in [0.29, 0.717) is 5.22 Å². The van der Waals surface area contributed by atoms with E-state index >= 15 is 0 Å². The highest BCUT2D eigenvalue weighted by atomic mass is 35.5. The van der Waals surface area contributed by atoms with Crippen molar-refractivity contribution in [2.24, 2.45) is 4.74 Å². The van der Waals surface area contributed by atoms with Crippen molar-refractivity contribution in [1.82, 2.24) is 0 Å². The predicted octanol–water partition coefficient (Wildman–Crippen LogP) is 10.1. The van der Waals surface area contributed by atoms with Crippen molar-refractivity contribution in [3.05, 3.63) is 50.2 Å². The fourth-order valence-corrected chi connectivity index (χ4v) is 8.92. The number of methoxy groups -OCH3 is 2. The Morgan fingerprint density at radius 1 is 0.879 bits per heavy atom. The lowest BCUT2D eigenvalue weighted by atomic mass is 9.74. The summed E-state index contributed by atoms with van der Waals surface area (Å²) in [5.74, 6) is 0. The van der Waals surface area contributed by atoms with Crippen LogP contribution in [0.4, 0.5) is 5.69 Å². The second kappa shape index (κ2) is 9.46. The van der Waals surface area contributed by atoms with Crippen molar-refractivity contribution in [2.75, 3.05) is 14.2 Å². The van der Waals surface area contributed by atoms with Gasteiger partial charge in [0.15, 0.2) is 5.22 Å². The summed E-state index contributed by atoms with van der Waals surface area (Å²) in [6.07, 6.45) is 1.67. The molecule has 186 valence electrons. The quantitative estimate of drug-likeness (QED) is 0.291. The van der Waals surface area contributed by atoms with Crippen molar-refractivity contribution >= 4 is 24.3 Å². The lowest BCUT2D eigenvalue weighted by molar-refractivity contribution is 0.318. The van der Waals surface area contributed by atoms with Crippen LogP contribution in [0, 0.1) is 0 Å². The summed E-state index contributed by atoms with van der Waals surface area (Å²) in [7, 11) is 1.19. The van der Waals surface area contributed by atoms with Crippen LogP contribution in [-0.2, 0) is 25.7 Å². The molecule has 1 heterocycles. The maximum Gasteiger partial charge on any atom is 0.192 e. The molecule has 0 spiro atoms. The van der Waals surface area contributed by atoms with Gasteiger partial charge in [0.25, 0.3) is 0 Å². The third-order valence-electron chi connectivity index (χ3n) is 6.38. The average molecular weight is 494 g/mol. The standard InChI is InChI=1S/C28H45ClNO2P/c1-14-21(24(29)31-12)33(22(15-2)25(33)32-13)30-23-19(27(6,7)8)16-18(26(3,4)5)17-20(23)28(9,10)11/h16-17H,14-15H2,1-13H3/b24-21+. The molecule has 0 aliphatic carbocycles. The summed E-state index contributed by atoms with van der Waals surface area (Å²) in [4.78, 5) is 0. The summed E-state index contributed by atoms with van der Waals surface area (Å²) in [6, 6.07) is 4.75. The molecule has 1 aromatic carbocycles. The molecule has 0 fully saturated rings. The minimum absolute atomic E-state index is 0.0449. The molecule has 0 bridgehead atoms. The van der Waals surface area contributed by atoms with E-state index in [1.54, 1.807) is 14.2 Å². The zero-order valence-corrected chi connectivity index (χ0v) is 24.8. The zero-order chi connectivity index (χ0) is 25.6. The SMILES string of the molecule is CCC1=C(OC)P1(=Nc1c(C(C)(C)C)cc(C(C)(C)C)cc1C(C)(C)C)/C(CC)=C(\Cl)OC. The summed E-state index contributed by atoms with van der Waals surface area (Å²) in [5.41, 5.74) is 5.92. The van der Waals surface area contributed by atoms with Gasteiger partial charge in [0.05, 0.1) is 27.0 Å². The first-order valence-electron chi connectivity index (χ1n) is 12.0. The van der Waals surface area contributed by atoms with Crippen LogP contribution >= 0.6 is 18.7 Å². The lowest BCUT2D eigenvalue weighted by Crippen LogP contribution is -2.21. The van der Waals surface area contributed by atoms with E-state index in [4.69, 9.17) is 25.8 Å². The summed E-state index contributed by atoms with van der Waals surface area (Å²) in [5, 5.41) is 2.81. The van der Waals surface area contributed by atoms with Gasteiger partial charge in [0.1, 0.15) is 5.50 Å². The van der Waals surface area contributed by atoms with Crippen molar-refractivity contribution < 1.29 is 9.47 Å². The highest BCUT2D eigenvalue weighted by Crippen LogP contribution is 2.87. The second-order valence-electron chi connectivity index (χ2n) is 12.0. The van der Waals surface area contributed by atoms with Crippen LogP contribution in [0.1, 0.15) is 106 Å². The normalized spacial score (nSPS) is 19.9. The van der Waals surface area contributed by atoms with Gasteiger partial charge in [0, 0.05) is 10.6 Å². The highest BCUT2D eigenvalue weighted by Gasteiger charge is 2.51. The van der Waals surface area contributed by atoms with Crippen LogP contribution in [0.25, 0.3) is 0 Å². The van der Waals surface area contributed by atoms with Gasteiger partial charge in [-0.05, 0) is 57.4 Å². The molecule has 3 nitrogen and oxygen atoms in total. The van der Waals surface area contributed by atoms with E-state index in [-0.39, 0.29) is 16.2 Å². The minimum Gasteiger partial charge on any atom is -0.494 e. The van der Waals surface area contributed by atoms with Gasteiger partial charge in [-0.15, -0.1) is 0 Å². The molecule has 1 aliphatic heterocycles.